The SMILES string of the molecule is CCCc1nnn(-c2nonc2N)c1C. The minimum Gasteiger partial charge on any atom is -0.378 e. The molecule has 0 unspecified atom stereocenters. The van der Waals surface area contributed by atoms with E-state index < -0.39 is 0 Å². The molecule has 0 bridgehead atoms. The topological polar surface area (TPSA) is 95.6 Å². The van der Waals surface area contributed by atoms with Crippen LogP contribution in [0.4, 0.5) is 5.82 Å². The summed E-state index contributed by atoms with van der Waals surface area (Å²) in [5, 5.41) is 15.2. The average molecular weight is 208 g/mol. The third kappa shape index (κ3) is 1.56. The maximum Gasteiger partial charge on any atom is 0.243 e. The van der Waals surface area contributed by atoms with Crippen molar-refractivity contribution in [2.24, 2.45) is 0 Å². The number of nitrogens with two attached hydrogens (primary N) is 1. The highest BCUT2D eigenvalue weighted by Crippen LogP contribution is 2.15. The Hall–Kier alpha value is -1.92. The molecule has 0 aliphatic heterocycles. The fourth-order valence-electron chi connectivity index (χ4n) is 1.37. The molecule has 15 heavy (non-hydrogen) atoms. The van der Waals surface area contributed by atoms with Crippen LogP contribution in [0.2, 0.25) is 0 Å². The first kappa shape index (κ1) is 9.63. The lowest BCUT2D eigenvalue weighted by atomic mass is 10.2. The number of nitrogens with zero attached hydrogens (tertiary/aromatic N) is 5. The van der Waals surface area contributed by atoms with Crippen LogP contribution in [0.15, 0.2) is 4.63 Å². The molecule has 7 heteroatoms. The Morgan fingerprint density at radius 2 is 2.20 bits per heavy atom. The molecule has 0 saturated heterocycles. The Morgan fingerprint density at radius 1 is 1.40 bits per heavy atom. The van der Waals surface area contributed by atoms with Crippen LogP contribution in [0.5, 0.6) is 0 Å². The molecule has 0 fully saturated rings. The zero-order valence-electron chi connectivity index (χ0n) is 8.64. The number of hydrogen-bond donors (Lipinski definition) is 1. The van der Waals surface area contributed by atoms with Crippen molar-refractivity contribution < 1.29 is 4.63 Å². The van der Waals surface area contributed by atoms with Crippen molar-refractivity contribution in [3.8, 4) is 5.82 Å². The summed E-state index contributed by atoms with van der Waals surface area (Å²) in [6, 6.07) is 0. The van der Waals surface area contributed by atoms with Crippen LogP contribution >= 0.6 is 0 Å². The van der Waals surface area contributed by atoms with Gasteiger partial charge in [-0.25, -0.2) is 4.63 Å². The van der Waals surface area contributed by atoms with Gasteiger partial charge in [0.2, 0.25) is 11.6 Å². The third-order valence-corrected chi connectivity index (χ3v) is 2.17. The van der Waals surface area contributed by atoms with Crippen LogP contribution < -0.4 is 5.73 Å². The zero-order valence-corrected chi connectivity index (χ0v) is 8.64. The van der Waals surface area contributed by atoms with Crippen molar-refractivity contribution in [2.75, 3.05) is 5.73 Å². The lowest BCUT2D eigenvalue weighted by molar-refractivity contribution is 0.306. The molecule has 2 rings (SSSR count). The lowest BCUT2D eigenvalue weighted by Gasteiger charge is -1.97. The van der Waals surface area contributed by atoms with Gasteiger partial charge in [0.25, 0.3) is 0 Å². The first-order valence-corrected chi connectivity index (χ1v) is 4.73. The van der Waals surface area contributed by atoms with Crippen molar-refractivity contribution in [3.05, 3.63) is 11.4 Å². The van der Waals surface area contributed by atoms with Crippen molar-refractivity contribution in [2.45, 2.75) is 26.7 Å². The van der Waals surface area contributed by atoms with E-state index in [2.05, 4.69) is 32.2 Å². The number of aryl methyl sites for hydroxylation is 1. The Morgan fingerprint density at radius 3 is 2.80 bits per heavy atom. The summed E-state index contributed by atoms with van der Waals surface area (Å²) in [7, 11) is 0. The van der Waals surface area contributed by atoms with E-state index in [0.29, 0.717) is 5.82 Å². The van der Waals surface area contributed by atoms with Gasteiger partial charge in [-0.1, -0.05) is 18.6 Å². The highest BCUT2D eigenvalue weighted by Gasteiger charge is 2.15. The van der Waals surface area contributed by atoms with Crippen LogP contribution in [0, 0.1) is 6.92 Å². The van der Waals surface area contributed by atoms with E-state index in [1.165, 1.54) is 4.68 Å². The largest absolute Gasteiger partial charge is 0.378 e. The molecule has 0 aromatic carbocycles. The summed E-state index contributed by atoms with van der Waals surface area (Å²) in [4.78, 5) is 0. The van der Waals surface area contributed by atoms with E-state index in [1.807, 2.05) is 6.92 Å². The summed E-state index contributed by atoms with van der Waals surface area (Å²) in [6.45, 7) is 4.00. The van der Waals surface area contributed by atoms with Crippen LogP contribution in [0.1, 0.15) is 24.7 Å². The summed E-state index contributed by atoms with van der Waals surface area (Å²) >= 11 is 0. The van der Waals surface area contributed by atoms with E-state index >= 15 is 0 Å². The van der Waals surface area contributed by atoms with Crippen molar-refractivity contribution >= 4 is 5.82 Å². The third-order valence-electron chi connectivity index (χ3n) is 2.17. The number of hydrogen-bond acceptors (Lipinski definition) is 6. The molecular formula is C8H12N6O. The van der Waals surface area contributed by atoms with Gasteiger partial charge in [-0.15, -0.1) is 5.10 Å². The van der Waals surface area contributed by atoms with Gasteiger partial charge in [-0.3, -0.25) is 0 Å². The van der Waals surface area contributed by atoms with Gasteiger partial charge in [0.1, 0.15) is 0 Å². The summed E-state index contributed by atoms with van der Waals surface area (Å²) in [6.07, 6.45) is 1.91. The minimum absolute atomic E-state index is 0.214. The Bertz CT molecular complexity index is 459. The van der Waals surface area contributed by atoms with Crippen LogP contribution in [-0.4, -0.2) is 25.3 Å². The van der Waals surface area contributed by atoms with Gasteiger partial charge >= 0.3 is 0 Å². The quantitative estimate of drug-likeness (QED) is 0.788. The van der Waals surface area contributed by atoms with Crippen LogP contribution in [0.25, 0.3) is 5.82 Å². The van der Waals surface area contributed by atoms with Gasteiger partial charge in [0.05, 0.1) is 11.4 Å². The fourth-order valence-corrected chi connectivity index (χ4v) is 1.37. The molecule has 7 nitrogen and oxygen atoms in total. The Labute approximate surface area is 86.2 Å². The first-order chi connectivity index (χ1) is 7.24. The second-order valence-corrected chi connectivity index (χ2v) is 3.26. The molecule has 0 radical (unpaired) electrons. The molecule has 2 aromatic rings. The van der Waals surface area contributed by atoms with Crippen molar-refractivity contribution in [3.63, 3.8) is 0 Å². The van der Waals surface area contributed by atoms with Crippen LogP contribution in [0.3, 0.4) is 0 Å². The molecule has 0 aliphatic carbocycles. The van der Waals surface area contributed by atoms with Gasteiger partial charge in [0.15, 0.2) is 0 Å². The van der Waals surface area contributed by atoms with Crippen molar-refractivity contribution in [1.29, 1.82) is 0 Å². The predicted molar refractivity (Wildman–Crippen MR) is 52.4 cm³/mol. The predicted octanol–water partition coefficient (Wildman–Crippen LogP) is 0.493. The second kappa shape index (κ2) is 3.68. The van der Waals surface area contributed by atoms with E-state index in [4.69, 9.17) is 5.73 Å². The van der Waals surface area contributed by atoms with E-state index in [9.17, 15) is 0 Å². The zero-order chi connectivity index (χ0) is 10.8. The number of rotatable bonds is 3. The maximum atomic E-state index is 5.57. The normalized spacial score (nSPS) is 10.8. The maximum absolute atomic E-state index is 5.57. The number of aromatic nitrogens is 5. The molecule has 0 spiro atoms. The second-order valence-electron chi connectivity index (χ2n) is 3.26. The first-order valence-electron chi connectivity index (χ1n) is 4.73. The van der Waals surface area contributed by atoms with Gasteiger partial charge in [-0.2, -0.15) is 4.68 Å². The molecule has 80 valence electrons. The number of nitrogen functional groups attached to an aromatic ring is 1. The average Bonchev–Trinajstić information content (AvgIpc) is 2.76. The summed E-state index contributed by atoms with van der Waals surface area (Å²) in [5.41, 5.74) is 7.43. The molecule has 2 aromatic heterocycles. The van der Waals surface area contributed by atoms with E-state index in [-0.39, 0.29) is 5.82 Å². The van der Waals surface area contributed by atoms with Gasteiger partial charge in [-0.05, 0) is 23.7 Å². The highest BCUT2D eigenvalue weighted by molar-refractivity contribution is 5.44. The standard InChI is InChI=1S/C8H12N6O/c1-3-4-6-5(2)14(13-10-6)8-7(9)11-15-12-8/h3-4H2,1-2H3,(H2,9,11). The Kier molecular flexibility index (Phi) is 2.36. The molecule has 0 atom stereocenters. The summed E-state index contributed by atoms with van der Waals surface area (Å²) < 4.78 is 6.05. The minimum atomic E-state index is 0.214. The van der Waals surface area contributed by atoms with Crippen molar-refractivity contribution in [1.82, 2.24) is 25.3 Å². The lowest BCUT2D eigenvalue weighted by Crippen LogP contribution is -2.03. The molecule has 2 heterocycles. The smallest absolute Gasteiger partial charge is 0.243 e. The molecule has 0 amide bonds. The Balaban J connectivity index is 2.42. The summed E-state index contributed by atoms with van der Waals surface area (Å²) in [5.74, 6) is 0.605. The monoisotopic (exact) mass is 208 g/mol. The van der Waals surface area contributed by atoms with Gasteiger partial charge in [0, 0.05) is 0 Å². The molecule has 0 saturated carbocycles. The highest BCUT2D eigenvalue weighted by atomic mass is 16.6. The molecule has 0 aliphatic rings. The fraction of sp³-hybridized carbons (Fsp3) is 0.500. The van der Waals surface area contributed by atoms with E-state index in [1.54, 1.807) is 0 Å². The molecular weight excluding hydrogens is 196 g/mol. The van der Waals surface area contributed by atoms with Crippen LogP contribution in [-0.2, 0) is 6.42 Å². The number of anilines is 1. The molecule has 2 N–H and O–H groups in total. The van der Waals surface area contributed by atoms with Gasteiger partial charge < -0.3 is 5.73 Å². The van der Waals surface area contributed by atoms with E-state index in [0.717, 1.165) is 24.2 Å².